The summed E-state index contributed by atoms with van der Waals surface area (Å²) in [5.41, 5.74) is 2.86. The molecule has 1 fully saturated rings. The van der Waals surface area contributed by atoms with E-state index in [4.69, 9.17) is 4.98 Å². The quantitative estimate of drug-likeness (QED) is 0.459. The van der Waals surface area contributed by atoms with Crippen LogP contribution in [0.5, 0.6) is 0 Å². The minimum absolute atomic E-state index is 0.0287. The molecule has 5 nitrogen and oxygen atoms in total. The van der Waals surface area contributed by atoms with Crippen LogP contribution in [0.15, 0.2) is 55.0 Å². The highest BCUT2D eigenvalue weighted by Gasteiger charge is 2.16. The van der Waals surface area contributed by atoms with Gasteiger partial charge in [-0.25, -0.2) is 13.8 Å². The topological polar surface area (TPSA) is 65.6 Å². The predicted molar refractivity (Wildman–Crippen MR) is 114 cm³/mol. The highest BCUT2D eigenvalue weighted by Crippen LogP contribution is 2.33. The molecule has 0 atom stereocenters. The molecule has 152 valence electrons. The maximum atomic E-state index is 14.3. The second kappa shape index (κ2) is 7.84. The number of H-pyrrole nitrogens is 1. The molecule has 0 bridgehead atoms. The Hall–Kier alpha value is -3.32. The van der Waals surface area contributed by atoms with Crippen molar-refractivity contribution < 1.29 is 8.78 Å². The van der Waals surface area contributed by atoms with Gasteiger partial charge in [-0.05, 0) is 55.8 Å². The molecule has 0 spiro atoms. The largest absolute Gasteiger partial charge is 0.366 e. The summed E-state index contributed by atoms with van der Waals surface area (Å²) in [6, 6.07) is 9.59. The monoisotopic (exact) mass is 405 g/mol. The molecule has 1 aliphatic heterocycles. The Morgan fingerprint density at radius 2 is 1.80 bits per heavy atom. The van der Waals surface area contributed by atoms with E-state index in [-0.39, 0.29) is 5.56 Å². The number of rotatable bonds is 4. The molecule has 2 aromatic heterocycles. The molecule has 5 rings (SSSR count). The Kier molecular flexibility index (Phi) is 4.88. The maximum absolute atomic E-state index is 14.3. The average Bonchev–Trinajstić information content (AvgIpc) is 3.18. The molecule has 30 heavy (non-hydrogen) atoms. The fourth-order valence-corrected chi connectivity index (χ4v) is 4.00. The first kappa shape index (κ1) is 18.7. The zero-order chi connectivity index (χ0) is 20.5. The Morgan fingerprint density at radius 3 is 2.60 bits per heavy atom. The normalized spacial score (nSPS) is 14.9. The lowest BCUT2D eigenvalue weighted by atomic mass is 10.0. The van der Waals surface area contributed by atoms with Crippen LogP contribution in [0, 0.1) is 11.6 Å². The van der Waals surface area contributed by atoms with Gasteiger partial charge < -0.3 is 15.6 Å². The average molecular weight is 405 g/mol. The van der Waals surface area contributed by atoms with E-state index in [1.54, 1.807) is 24.5 Å². The lowest BCUT2D eigenvalue weighted by Gasteiger charge is -2.24. The number of aromatic nitrogens is 3. The van der Waals surface area contributed by atoms with Gasteiger partial charge in [0.05, 0.1) is 23.7 Å². The van der Waals surface area contributed by atoms with Gasteiger partial charge in [-0.1, -0.05) is 12.1 Å². The van der Waals surface area contributed by atoms with Crippen molar-refractivity contribution in [2.45, 2.75) is 18.9 Å². The van der Waals surface area contributed by atoms with Crippen LogP contribution in [0.3, 0.4) is 0 Å². The molecular weight excluding hydrogens is 384 g/mol. The summed E-state index contributed by atoms with van der Waals surface area (Å²) in [4.78, 5) is 12.3. The molecule has 7 heteroatoms. The molecule has 0 amide bonds. The lowest BCUT2D eigenvalue weighted by Crippen LogP contribution is -2.35. The molecule has 0 saturated carbocycles. The molecule has 3 heterocycles. The molecule has 0 radical (unpaired) electrons. The molecule has 4 aromatic rings. The van der Waals surface area contributed by atoms with E-state index in [9.17, 15) is 8.78 Å². The second-order valence-corrected chi connectivity index (χ2v) is 7.52. The third kappa shape index (κ3) is 3.52. The molecule has 0 aliphatic carbocycles. The van der Waals surface area contributed by atoms with Crippen molar-refractivity contribution in [1.29, 1.82) is 0 Å². The van der Waals surface area contributed by atoms with Crippen molar-refractivity contribution in [3.63, 3.8) is 0 Å². The first-order valence-corrected chi connectivity index (χ1v) is 10.0. The number of aromatic amines is 1. The SMILES string of the molecule is Fc1cccc(F)c1-c1ccc2[nH]cc(-c3cncc(NC4CCNCC4)n3)c2c1. The van der Waals surface area contributed by atoms with Crippen LogP contribution in [-0.2, 0) is 0 Å². The van der Waals surface area contributed by atoms with E-state index in [1.165, 1.54) is 18.2 Å². The van der Waals surface area contributed by atoms with Crippen LogP contribution in [0.1, 0.15) is 12.8 Å². The van der Waals surface area contributed by atoms with Crippen LogP contribution in [0.4, 0.5) is 14.6 Å². The number of halogens is 2. The van der Waals surface area contributed by atoms with Crippen molar-refractivity contribution in [2.75, 3.05) is 18.4 Å². The van der Waals surface area contributed by atoms with E-state index in [2.05, 4.69) is 20.6 Å². The number of nitrogens with one attached hydrogen (secondary N) is 3. The summed E-state index contributed by atoms with van der Waals surface area (Å²) in [5, 5.41) is 7.64. The fraction of sp³-hybridized carbons (Fsp3) is 0.217. The van der Waals surface area contributed by atoms with Crippen LogP contribution < -0.4 is 10.6 Å². The molecule has 1 aliphatic rings. The van der Waals surface area contributed by atoms with Crippen LogP contribution in [0.2, 0.25) is 0 Å². The zero-order valence-electron chi connectivity index (χ0n) is 16.3. The van der Waals surface area contributed by atoms with Gasteiger partial charge in [0.1, 0.15) is 17.5 Å². The molecular formula is C23H21F2N5. The number of hydrogen-bond acceptors (Lipinski definition) is 4. The van der Waals surface area contributed by atoms with E-state index in [0.717, 1.165) is 48.2 Å². The third-order valence-corrected chi connectivity index (χ3v) is 5.53. The smallest absolute Gasteiger partial charge is 0.145 e. The maximum Gasteiger partial charge on any atom is 0.145 e. The van der Waals surface area contributed by atoms with Gasteiger partial charge in [0.2, 0.25) is 0 Å². The number of hydrogen-bond donors (Lipinski definition) is 3. The summed E-state index contributed by atoms with van der Waals surface area (Å²) in [5.74, 6) is -0.441. The van der Waals surface area contributed by atoms with Gasteiger partial charge in [-0.3, -0.25) is 4.98 Å². The summed E-state index contributed by atoms with van der Waals surface area (Å²) >= 11 is 0. The van der Waals surface area contributed by atoms with Gasteiger partial charge in [0, 0.05) is 28.7 Å². The van der Waals surface area contributed by atoms with Crippen LogP contribution >= 0.6 is 0 Å². The number of fused-ring (bicyclic) bond motifs is 1. The van der Waals surface area contributed by atoms with Gasteiger partial charge in [-0.15, -0.1) is 0 Å². The summed E-state index contributed by atoms with van der Waals surface area (Å²) in [6.07, 6.45) is 7.35. The van der Waals surface area contributed by atoms with Crippen molar-refractivity contribution in [2.24, 2.45) is 0 Å². The molecule has 1 saturated heterocycles. The number of piperidine rings is 1. The van der Waals surface area contributed by atoms with Crippen molar-refractivity contribution in [3.8, 4) is 22.4 Å². The van der Waals surface area contributed by atoms with E-state index in [0.29, 0.717) is 17.3 Å². The number of anilines is 1. The van der Waals surface area contributed by atoms with E-state index >= 15 is 0 Å². The standard InChI is InChI=1S/C23H21F2N5/c24-18-2-1-3-19(25)23(18)14-4-5-20-16(10-14)17(11-28-20)21-12-27-13-22(30-21)29-15-6-8-26-9-7-15/h1-5,10-13,15,26,28H,6-9H2,(H,29,30). The van der Waals surface area contributed by atoms with Crippen LogP contribution in [-0.4, -0.2) is 34.1 Å². The Labute approximate surface area is 172 Å². The highest BCUT2D eigenvalue weighted by molar-refractivity contribution is 5.97. The molecule has 2 aromatic carbocycles. The van der Waals surface area contributed by atoms with Gasteiger partial charge in [0.25, 0.3) is 0 Å². The van der Waals surface area contributed by atoms with Gasteiger partial charge >= 0.3 is 0 Å². The Balaban J connectivity index is 1.53. The number of nitrogens with zero attached hydrogens (tertiary/aromatic N) is 2. The minimum Gasteiger partial charge on any atom is -0.366 e. The van der Waals surface area contributed by atoms with Crippen molar-refractivity contribution in [3.05, 3.63) is 66.6 Å². The van der Waals surface area contributed by atoms with Crippen LogP contribution in [0.25, 0.3) is 33.3 Å². The number of benzene rings is 2. The molecule has 3 N–H and O–H groups in total. The Bertz CT molecular complexity index is 1180. The summed E-state index contributed by atoms with van der Waals surface area (Å²) in [7, 11) is 0. The lowest BCUT2D eigenvalue weighted by molar-refractivity contribution is 0.478. The van der Waals surface area contributed by atoms with Crippen molar-refractivity contribution in [1.82, 2.24) is 20.3 Å². The van der Waals surface area contributed by atoms with E-state index in [1.807, 2.05) is 12.3 Å². The summed E-state index contributed by atoms with van der Waals surface area (Å²) < 4.78 is 28.6. The molecule has 0 unspecified atom stereocenters. The fourth-order valence-electron chi connectivity index (χ4n) is 4.00. The van der Waals surface area contributed by atoms with Gasteiger partial charge in [-0.2, -0.15) is 0 Å². The minimum atomic E-state index is -0.584. The van der Waals surface area contributed by atoms with E-state index < -0.39 is 11.6 Å². The second-order valence-electron chi connectivity index (χ2n) is 7.52. The highest BCUT2D eigenvalue weighted by atomic mass is 19.1. The predicted octanol–water partition coefficient (Wildman–Crippen LogP) is 4.73. The Morgan fingerprint density at radius 1 is 1.00 bits per heavy atom. The first-order valence-electron chi connectivity index (χ1n) is 10.0. The van der Waals surface area contributed by atoms with Crippen molar-refractivity contribution >= 4 is 16.7 Å². The first-order chi connectivity index (χ1) is 14.7. The zero-order valence-corrected chi connectivity index (χ0v) is 16.3. The van der Waals surface area contributed by atoms with Gasteiger partial charge in [0.15, 0.2) is 0 Å². The summed E-state index contributed by atoms with van der Waals surface area (Å²) in [6.45, 7) is 1.98. The third-order valence-electron chi connectivity index (χ3n) is 5.53.